The highest BCUT2D eigenvalue weighted by molar-refractivity contribution is 7.84. The highest BCUT2D eigenvalue weighted by Crippen LogP contribution is 2.30. The van der Waals surface area contributed by atoms with Crippen LogP contribution in [0.2, 0.25) is 0 Å². The Morgan fingerprint density at radius 3 is 2.18 bits per heavy atom. The minimum Gasteiger partial charge on any atom is -0.256 e. The molecule has 0 radical (unpaired) electrons. The van der Waals surface area contributed by atoms with Gasteiger partial charge in [0.05, 0.1) is 5.69 Å². The third kappa shape index (κ3) is 2.97. The number of nitrogens with zero attached hydrogens (tertiary/aromatic N) is 1. The lowest BCUT2D eigenvalue weighted by molar-refractivity contribution is 0.628. The van der Waals surface area contributed by atoms with Gasteiger partial charge in [-0.3, -0.25) is 9.19 Å². The highest BCUT2D eigenvalue weighted by Gasteiger charge is 2.09. The second-order valence-electron chi connectivity index (χ2n) is 4.88. The number of rotatable bonds is 3. The first-order valence-electron chi connectivity index (χ1n) is 6.80. The smallest absolute Gasteiger partial charge is 0.123 e. The molecule has 1 atom stereocenters. The lowest BCUT2D eigenvalue weighted by atomic mass is 9.99. The highest BCUT2D eigenvalue weighted by atomic mass is 32.2. The van der Waals surface area contributed by atoms with Crippen molar-refractivity contribution in [2.24, 2.45) is 0 Å². The van der Waals surface area contributed by atoms with Gasteiger partial charge in [-0.25, -0.2) is 4.39 Å². The molecule has 1 aromatic heterocycles. The van der Waals surface area contributed by atoms with Crippen molar-refractivity contribution < 1.29 is 8.60 Å². The van der Waals surface area contributed by atoms with E-state index in [9.17, 15) is 8.60 Å². The molecule has 2 aromatic carbocycles. The molecule has 0 N–H and O–H groups in total. The zero-order valence-electron chi connectivity index (χ0n) is 12.0. The zero-order chi connectivity index (χ0) is 15.5. The molecule has 110 valence electrons. The van der Waals surface area contributed by atoms with Crippen molar-refractivity contribution in [1.29, 1.82) is 0 Å². The summed E-state index contributed by atoms with van der Waals surface area (Å²) in [5.41, 5.74) is 3.61. The molecule has 3 rings (SSSR count). The topological polar surface area (TPSA) is 30.0 Å². The summed E-state index contributed by atoms with van der Waals surface area (Å²) in [6.07, 6.45) is 3.38. The van der Waals surface area contributed by atoms with Gasteiger partial charge in [0.25, 0.3) is 0 Å². The van der Waals surface area contributed by atoms with Crippen molar-refractivity contribution in [2.75, 3.05) is 6.26 Å². The van der Waals surface area contributed by atoms with Gasteiger partial charge in [-0.05, 0) is 48.0 Å². The Hall–Kier alpha value is -2.33. The Morgan fingerprint density at radius 2 is 1.55 bits per heavy atom. The van der Waals surface area contributed by atoms with Crippen molar-refractivity contribution in [3.05, 3.63) is 72.7 Å². The molecule has 0 spiro atoms. The van der Waals surface area contributed by atoms with E-state index in [1.165, 1.54) is 12.1 Å². The van der Waals surface area contributed by atoms with E-state index in [1.807, 2.05) is 36.4 Å². The number of pyridine rings is 1. The molecule has 2 nitrogen and oxygen atoms in total. The summed E-state index contributed by atoms with van der Waals surface area (Å²) in [6.45, 7) is 0. The first-order valence-corrected chi connectivity index (χ1v) is 8.36. The van der Waals surface area contributed by atoms with E-state index in [0.717, 1.165) is 27.3 Å². The normalized spacial score (nSPS) is 12.1. The van der Waals surface area contributed by atoms with Crippen LogP contribution in [-0.2, 0) is 10.8 Å². The fourth-order valence-electron chi connectivity index (χ4n) is 2.30. The molecular weight excluding hydrogens is 297 g/mol. The summed E-state index contributed by atoms with van der Waals surface area (Å²) in [6, 6.07) is 17.7. The fraction of sp³-hybridized carbons (Fsp3) is 0.0556. The number of hydrogen-bond donors (Lipinski definition) is 0. The summed E-state index contributed by atoms with van der Waals surface area (Å²) in [5.74, 6) is -0.268. The lowest BCUT2D eigenvalue weighted by Crippen LogP contribution is -1.91. The molecule has 0 bridgehead atoms. The second kappa shape index (κ2) is 6.20. The van der Waals surface area contributed by atoms with E-state index in [2.05, 4.69) is 4.98 Å². The number of benzene rings is 2. The van der Waals surface area contributed by atoms with Crippen LogP contribution in [0.5, 0.6) is 0 Å². The van der Waals surface area contributed by atoms with Gasteiger partial charge in [0, 0.05) is 39.3 Å². The van der Waals surface area contributed by atoms with Crippen LogP contribution < -0.4 is 0 Å². The maximum atomic E-state index is 13.1. The van der Waals surface area contributed by atoms with Gasteiger partial charge in [-0.15, -0.1) is 0 Å². The Kier molecular flexibility index (Phi) is 4.11. The van der Waals surface area contributed by atoms with E-state index in [1.54, 1.807) is 24.6 Å². The molecule has 1 unspecified atom stereocenters. The van der Waals surface area contributed by atoms with Crippen LogP contribution in [0.1, 0.15) is 0 Å². The molecule has 0 aliphatic heterocycles. The monoisotopic (exact) mass is 311 g/mol. The zero-order valence-corrected chi connectivity index (χ0v) is 12.8. The predicted molar refractivity (Wildman–Crippen MR) is 87.4 cm³/mol. The third-order valence-electron chi connectivity index (χ3n) is 3.42. The summed E-state index contributed by atoms with van der Waals surface area (Å²) < 4.78 is 24.6. The van der Waals surface area contributed by atoms with Crippen molar-refractivity contribution in [2.45, 2.75) is 4.90 Å². The van der Waals surface area contributed by atoms with Gasteiger partial charge in [0.1, 0.15) is 5.82 Å². The molecule has 0 saturated heterocycles. The summed E-state index contributed by atoms with van der Waals surface area (Å²) >= 11 is 0. The molecule has 4 heteroatoms. The Morgan fingerprint density at radius 1 is 0.909 bits per heavy atom. The molecule has 1 heterocycles. The Balaban J connectivity index is 2.08. The first kappa shape index (κ1) is 14.6. The van der Waals surface area contributed by atoms with Crippen molar-refractivity contribution >= 4 is 10.8 Å². The van der Waals surface area contributed by atoms with E-state index >= 15 is 0 Å². The molecule has 0 saturated carbocycles. The molecule has 0 aliphatic carbocycles. The van der Waals surface area contributed by atoms with Crippen LogP contribution >= 0.6 is 0 Å². The first-order chi connectivity index (χ1) is 10.6. The van der Waals surface area contributed by atoms with Crippen LogP contribution in [-0.4, -0.2) is 15.4 Å². The molecule has 3 aromatic rings. The number of halogens is 1. The lowest BCUT2D eigenvalue weighted by Gasteiger charge is -2.09. The van der Waals surface area contributed by atoms with Gasteiger partial charge < -0.3 is 0 Å². The van der Waals surface area contributed by atoms with Gasteiger partial charge in [-0.1, -0.05) is 18.2 Å². The van der Waals surface area contributed by atoms with Crippen LogP contribution in [0.3, 0.4) is 0 Å². The van der Waals surface area contributed by atoms with Crippen LogP contribution in [0.4, 0.5) is 4.39 Å². The summed E-state index contributed by atoms with van der Waals surface area (Å²) in [5, 5.41) is 0. The predicted octanol–water partition coefficient (Wildman–Crippen LogP) is 4.29. The van der Waals surface area contributed by atoms with Gasteiger partial charge in [0.2, 0.25) is 0 Å². The minimum absolute atomic E-state index is 0.268. The molecule has 0 fully saturated rings. The average molecular weight is 311 g/mol. The molecule has 0 aliphatic rings. The Bertz CT molecular complexity index is 813. The summed E-state index contributed by atoms with van der Waals surface area (Å²) in [4.78, 5) is 5.22. The number of aromatic nitrogens is 1. The minimum atomic E-state index is -0.995. The van der Waals surface area contributed by atoms with Crippen molar-refractivity contribution in [3.8, 4) is 22.4 Å². The second-order valence-corrected chi connectivity index (χ2v) is 6.26. The number of hydrogen-bond acceptors (Lipinski definition) is 2. The van der Waals surface area contributed by atoms with E-state index in [4.69, 9.17) is 0 Å². The maximum Gasteiger partial charge on any atom is 0.123 e. The molecule has 22 heavy (non-hydrogen) atoms. The van der Waals surface area contributed by atoms with Gasteiger partial charge in [0.15, 0.2) is 0 Å². The van der Waals surface area contributed by atoms with Gasteiger partial charge in [-0.2, -0.15) is 0 Å². The quantitative estimate of drug-likeness (QED) is 0.722. The van der Waals surface area contributed by atoms with E-state index in [0.29, 0.717) is 0 Å². The average Bonchev–Trinajstić information content (AvgIpc) is 2.56. The fourth-order valence-corrected chi connectivity index (χ4v) is 2.82. The SMILES string of the molecule is CS(=O)c1ccc(-c2cccnc2-c2ccc(F)cc2)cc1. The largest absolute Gasteiger partial charge is 0.256 e. The van der Waals surface area contributed by atoms with Crippen LogP contribution in [0.25, 0.3) is 22.4 Å². The van der Waals surface area contributed by atoms with Gasteiger partial charge >= 0.3 is 0 Å². The maximum absolute atomic E-state index is 13.1. The molecule has 0 amide bonds. The van der Waals surface area contributed by atoms with E-state index < -0.39 is 10.8 Å². The van der Waals surface area contributed by atoms with Crippen molar-refractivity contribution in [1.82, 2.24) is 4.98 Å². The summed E-state index contributed by atoms with van der Waals surface area (Å²) in [7, 11) is -0.995. The van der Waals surface area contributed by atoms with E-state index in [-0.39, 0.29) is 5.82 Å². The van der Waals surface area contributed by atoms with Crippen LogP contribution in [0.15, 0.2) is 71.8 Å². The Labute approximate surface area is 131 Å². The molecular formula is C18H14FNOS. The van der Waals surface area contributed by atoms with Crippen molar-refractivity contribution in [3.63, 3.8) is 0 Å². The van der Waals surface area contributed by atoms with Crippen LogP contribution in [0, 0.1) is 5.82 Å². The standard InChI is InChI=1S/C18H14FNOS/c1-22(21)16-10-6-13(7-11-16)17-3-2-12-20-18(17)14-4-8-15(19)9-5-14/h2-12H,1H3. The third-order valence-corrected chi connectivity index (χ3v) is 4.36.